The van der Waals surface area contributed by atoms with Gasteiger partial charge in [0.15, 0.2) is 0 Å². The van der Waals surface area contributed by atoms with Gasteiger partial charge in [-0.3, -0.25) is 4.72 Å². The van der Waals surface area contributed by atoms with Gasteiger partial charge in [-0.1, -0.05) is 17.7 Å². The van der Waals surface area contributed by atoms with Crippen LogP contribution >= 0.6 is 11.6 Å². The molecule has 0 saturated heterocycles. The third-order valence-electron chi connectivity index (χ3n) is 3.33. The van der Waals surface area contributed by atoms with Crippen LogP contribution in [0.1, 0.15) is 0 Å². The molecule has 0 radical (unpaired) electrons. The van der Waals surface area contributed by atoms with E-state index in [0.717, 1.165) is 12.1 Å². The molecule has 0 atom stereocenters. The molecule has 1 aromatic heterocycles. The van der Waals surface area contributed by atoms with Gasteiger partial charge in [-0.05, 0) is 30.3 Å². The Labute approximate surface area is 154 Å². The van der Waals surface area contributed by atoms with Crippen LogP contribution in [0.4, 0.5) is 10.1 Å². The molecule has 0 bridgehead atoms. The van der Waals surface area contributed by atoms with E-state index >= 15 is 0 Å². The maximum Gasteiger partial charge on any atom is 0.264 e. The number of aromatic nitrogens is 3. The van der Waals surface area contributed by atoms with Crippen LogP contribution < -0.4 is 9.46 Å². The molecule has 0 aliphatic rings. The first kappa shape index (κ1) is 18.2. The van der Waals surface area contributed by atoms with Crippen LogP contribution in [0, 0.1) is 5.82 Å². The van der Waals surface area contributed by atoms with Crippen molar-refractivity contribution in [3.8, 4) is 5.75 Å². The smallest absolute Gasteiger partial charge is 0.264 e. The quantitative estimate of drug-likeness (QED) is 0.663. The molecular formula is C16H14ClFN4O3S. The molecule has 0 aliphatic heterocycles. The Balaban J connectivity index is 1.69. The Morgan fingerprint density at radius 1 is 1.23 bits per heavy atom. The van der Waals surface area contributed by atoms with E-state index in [2.05, 4.69) is 14.8 Å². The second-order valence-electron chi connectivity index (χ2n) is 5.22. The second kappa shape index (κ2) is 7.71. The van der Waals surface area contributed by atoms with Crippen molar-refractivity contribution in [3.63, 3.8) is 0 Å². The molecule has 0 aliphatic carbocycles. The number of nitrogens with zero attached hydrogens (tertiary/aromatic N) is 3. The van der Waals surface area contributed by atoms with Gasteiger partial charge in [0.2, 0.25) is 0 Å². The minimum atomic E-state index is -4.10. The summed E-state index contributed by atoms with van der Waals surface area (Å²) in [6.07, 6.45) is 2.99. The molecular weight excluding hydrogens is 383 g/mol. The minimum Gasteiger partial charge on any atom is -0.492 e. The van der Waals surface area contributed by atoms with Crippen molar-refractivity contribution in [1.29, 1.82) is 0 Å². The van der Waals surface area contributed by atoms with E-state index in [4.69, 9.17) is 16.3 Å². The van der Waals surface area contributed by atoms with Crippen molar-refractivity contribution in [3.05, 3.63) is 66.0 Å². The maximum atomic E-state index is 13.9. The number of hydrogen-bond acceptors (Lipinski definition) is 5. The van der Waals surface area contributed by atoms with Crippen molar-refractivity contribution in [1.82, 2.24) is 14.8 Å². The molecule has 3 rings (SSSR count). The average molecular weight is 397 g/mol. The summed E-state index contributed by atoms with van der Waals surface area (Å²) in [4.78, 5) is 3.34. The molecule has 0 spiro atoms. The van der Waals surface area contributed by atoms with Crippen LogP contribution in [0.2, 0.25) is 5.02 Å². The highest BCUT2D eigenvalue weighted by Crippen LogP contribution is 2.24. The van der Waals surface area contributed by atoms with E-state index in [-0.39, 0.29) is 10.7 Å². The number of nitrogens with one attached hydrogen (secondary N) is 1. The lowest BCUT2D eigenvalue weighted by molar-refractivity contribution is 0.291. The standard InChI is InChI=1S/C16H14ClFN4O3S/c17-12-4-5-16(15(18)8-12)26(23,24)21-13-2-1-3-14(9-13)25-7-6-22-11-19-10-20-22/h1-5,8-11,21H,6-7H2. The normalized spacial score (nSPS) is 11.3. The molecule has 7 nitrogen and oxygen atoms in total. The van der Waals surface area contributed by atoms with Crippen molar-refractivity contribution in [2.75, 3.05) is 11.3 Å². The number of ether oxygens (including phenoxy) is 1. The summed E-state index contributed by atoms with van der Waals surface area (Å²) in [6.45, 7) is 0.817. The lowest BCUT2D eigenvalue weighted by atomic mass is 10.3. The molecule has 0 amide bonds. The predicted molar refractivity (Wildman–Crippen MR) is 94.2 cm³/mol. The number of anilines is 1. The molecule has 3 aromatic rings. The summed E-state index contributed by atoms with van der Waals surface area (Å²) in [5.41, 5.74) is 0.248. The van der Waals surface area contributed by atoms with Crippen LogP contribution in [0.3, 0.4) is 0 Å². The molecule has 136 valence electrons. The summed E-state index contributed by atoms with van der Waals surface area (Å²) in [6, 6.07) is 9.71. The van der Waals surface area contributed by atoms with Gasteiger partial charge in [0.1, 0.15) is 35.7 Å². The van der Waals surface area contributed by atoms with Gasteiger partial charge in [0.05, 0.1) is 12.2 Å². The summed E-state index contributed by atoms with van der Waals surface area (Å²) in [5, 5.41) is 4.07. The largest absolute Gasteiger partial charge is 0.492 e. The lowest BCUT2D eigenvalue weighted by Crippen LogP contribution is -2.14. The van der Waals surface area contributed by atoms with E-state index in [0.29, 0.717) is 18.9 Å². The average Bonchev–Trinajstić information content (AvgIpc) is 3.08. The first-order valence-electron chi connectivity index (χ1n) is 7.47. The molecule has 0 unspecified atom stereocenters. The molecule has 26 heavy (non-hydrogen) atoms. The Morgan fingerprint density at radius 2 is 2.08 bits per heavy atom. The zero-order valence-electron chi connectivity index (χ0n) is 13.3. The van der Waals surface area contributed by atoms with Crippen molar-refractivity contribution in [2.45, 2.75) is 11.4 Å². The van der Waals surface area contributed by atoms with E-state index in [1.165, 1.54) is 24.5 Å². The minimum absolute atomic E-state index is 0.115. The van der Waals surface area contributed by atoms with Gasteiger partial charge in [0.25, 0.3) is 10.0 Å². The number of hydrogen-bond donors (Lipinski definition) is 1. The number of halogens is 2. The van der Waals surface area contributed by atoms with Crippen LogP contribution in [0.25, 0.3) is 0 Å². The van der Waals surface area contributed by atoms with Crippen LogP contribution in [-0.2, 0) is 16.6 Å². The highest BCUT2D eigenvalue weighted by atomic mass is 35.5. The highest BCUT2D eigenvalue weighted by molar-refractivity contribution is 7.92. The molecule has 1 heterocycles. The third kappa shape index (κ3) is 4.50. The Hall–Kier alpha value is -2.65. The van der Waals surface area contributed by atoms with Gasteiger partial charge < -0.3 is 4.74 Å². The third-order valence-corrected chi connectivity index (χ3v) is 4.98. The predicted octanol–water partition coefficient (Wildman–Crippen LogP) is 2.95. The topological polar surface area (TPSA) is 86.1 Å². The fourth-order valence-electron chi connectivity index (χ4n) is 2.16. The van der Waals surface area contributed by atoms with Gasteiger partial charge in [-0.2, -0.15) is 5.10 Å². The molecule has 0 fully saturated rings. The molecule has 0 saturated carbocycles. The Kier molecular flexibility index (Phi) is 5.38. The van der Waals surface area contributed by atoms with Crippen molar-refractivity contribution < 1.29 is 17.5 Å². The van der Waals surface area contributed by atoms with E-state index in [1.807, 2.05) is 0 Å². The van der Waals surface area contributed by atoms with Crippen molar-refractivity contribution in [2.24, 2.45) is 0 Å². The summed E-state index contributed by atoms with van der Waals surface area (Å²) >= 11 is 5.65. The maximum absolute atomic E-state index is 13.9. The first-order chi connectivity index (χ1) is 12.4. The SMILES string of the molecule is O=S(=O)(Nc1cccc(OCCn2cncn2)c1)c1ccc(Cl)cc1F. The van der Waals surface area contributed by atoms with Gasteiger partial charge >= 0.3 is 0 Å². The number of sulfonamides is 1. The molecule has 10 heteroatoms. The monoisotopic (exact) mass is 396 g/mol. The van der Waals surface area contributed by atoms with Crippen LogP contribution in [0.5, 0.6) is 5.75 Å². The zero-order valence-corrected chi connectivity index (χ0v) is 14.9. The second-order valence-corrected chi connectivity index (χ2v) is 7.30. The van der Waals surface area contributed by atoms with Crippen molar-refractivity contribution >= 4 is 27.3 Å². The summed E-state index contributed by atoms with van der Waals surface area (Å²) in [5.74, 6) is -0.466. The molecule has 1 N–H and O–H groups in total. The Morgan fingerprint density at radius 3 is 2.81 bits per heavy atom. The Bertz CT molecular complexity index is 996. The van der Waals surface area contributed by atoms with Gasteiger partial charge in [0, 0.05) is 11.1 Å². The number of rotatable bonds is 7. The molecule has 2 aromatic carbocycles. The fraction of sp³-hybridized carbons (Fsp3) is 0.125. The van der Waals surface area contributed by atoms with E-state index < -0.39 is 20.7 Å². The van der Waals surface area contributed by atoms with E-state index in [1.54, 1.807) is 23.1 Å². The van der Waals surface area contributed by atoms with Gasteiger partial charge in [-0.25, -0.2) is 22.5 Å². The fourth-order valence-corrected chi connectivity index (χ4v) is 3.43. The summed E-state index contributed by atoms with van der Waals surface area (Å²) in [7, 11) is -4.10. The van der Waals surface area contributed by atoms with Crippen LogP contribution in [0.15, 0.2) is 60.0 Å². The highest BCUT2D eigenvalue weighted by Gasteiger charge is 2.19. The first-order valence-corrected chi connectivity index (χ1v) is 9.33. The summed E-state index contributed by atoms with van der Waals surface area (Å²) < 4.78 is 48.1. The lowest BCUT2D eigenvalue weighted by Gasteiger charge is -2.11. The van der Waals surface area contributed by atoms with Crippen LogP contribution in [-0.4, -0.2) is 29.8 Å². The van der Waals surface area contributed by atoms with E-state index in [9.17, 15) is 12.8 Å². The zero-order chi connectivity index (χ0) is 18.6. The van der Waals surface area contributed by atoms with Gasteiger partial charge in [-0.15, -0.1) is 0 Å². The number of benzene rings is 2.